The minimum absolute atomic E-state index is 0.283. The zero-order valence-electron chi connectivity index (χ0n) is 15.2. The van der Waals surface area contributed by atoms with Gasteiger partial charge in [0.1, 0.15) is 0 Å². The van der Waals surface area contributed by atoms with Gasteiger partial charge in [-0.25, -0.2) is 4.79 Å². The average molecular weight is 355 g/mol. The Kier molecular flexibility index (Phi) is 5.24. The average Bonchev–Trinajstić information content (AvgIpc) is 2.73. The van der Waals surface area contributed by atoms with E-state index in [1.54, 1.807) is 17.7 Å². The van der Waals surface area contributed by atoms with Gasteiger partial charge in [-0.1, -0.05) is 55.4 Å². The summed E-state index contributed by atoms with van der Waals surface area (Å²) in [4.78, 5) is 12.5. The van der Waals surface area contributed by atoms with E-state index in [2.05, 4.69) is 39.0 Å². The molecule has 0 aromatic heterocycles. The highest BCUT2D eigenvalue weighted by atomic mass is 32.2. The summed E-state index contributed by atoms with van der Waals surface area (Å²) in [6, 6.07) is 7.11. The van der Waals surface area contributed by atoms with Crippen molar-refractivity contribution in [2.24, 2.45) is 11.3 Å². The molecule has 2 aliphatic rings. The van der Waals surface area contributed by atoms with Gasteiger partial charge in [0.25, 0.3) is 0 Å². The fourth-order valence-corrected chi connectivity index (χ4v) is 4.91. The molecule has 3 rings (SSSR count). The van der Waals surface area contributed by atoms with E-state index in [4.69, 9.17) is 5.11 Å². The maximum absolute atomic E-state index is 11.0. The van der Waals surface area contributed by atoms with Crippen molar-refractivity contribution in [1.29, 1.82) is 0 Å². The Morgan fingerprint density at radius 3 is 2.68 bits per heavy atom. The molecule has 1 aromatic rings. The minimum Gasteiger partial charge on any atom is -0.478 e. The molecule has 25 heavy (non-hydrogen) atoms. The molecular weight excluding hydrogens is 328 g/mol. The molecule has 1 atom stereocenters. The van der Waals surface area contributed by atoms with Crippen molar-refractivity contribution in [3.8, 4) is 0 Å². The first kappa shape index (κ1) is 18.1. The van der Waals surface area contributed by atoms with Crippen molar-refractivity contribution < 1.29 is 9.90 Å². The van der Waals surface area contributed by atoms with Gasteiger partial charge in [-0.3, -0.25) is 0 Å². The predicted molar refractivity (Wildman–Crippen MR) is 107 cm³/mol. The van der Waals surface area contributed by atoms with E-state index in [-0.39, 0.29) is 5.41 Å². The molecular formula is C22H26O2S. The zero-order chi connectivity index (χ0) is 18.0. The molecule has 1 aliphatic carbocycles. The second-order valence-corrected chi connectivity index (χ2v) is 8.80. The Hall–Kier alpha value is -1.74. The first-order valence-electron chi connectivity index (χ1n) is 8.93. The molecule has 1 N–H and O–H groups in total. The number of carboxylic acids is 1. The summed E-state index contributed by atoms with van der Waals surface area (Å²) in [5.41, 5.74) is 4.61. The third-order valence-electron chi connectivity index (χ3n) is 5.36. The maximum atomic E-state index is 11.0. The molecule has 0 amide bonds. The number of aromatic carboxylic acids is 1. The summed E-state index contributed by atoms with van der Waals surface area (Å²) < 4.78 is 0. The van der Waals surface area contributed by atoms with Crippen LogP contribution in [0.3, 0.4) is 0 Å². The summed E-state index contributed by atoms with van der Waals surface area (Å²) in [5.74, 6) is 0.771. The van der Waals surface area contributed by atoms with Crippen LogP contribution >= 0.6 is 11.8 Å². The molecule has 1 aliphatic heterocycles. The Morgan fingerprint density at radius 1 is 1.28 bits per heavy atom. The van der Waals surface area contributed by atoms with E-state index >= 15 is 0 Å². The van der Waals surface area contributed by atoms with Crippen molar-refractivity contribution in [2.75, 3.05) is 5.75 Å². The van der Waals surface area contributed by atoms with Crippen LogP contribution in [0.15, 0.2) is 52.5 Å². The molecule has 0 saturated carbocycles. The topological polar surface area (TPSA) is 37.3 Å². The Bertz CT molecular complexity index is 751. The molecule has 2 nitrogen and oxygen atoms in total. The van der Waals surface area contributed by atoms with Gasteiger partial charge in [0.15, 0.2) is 0 Å². The summed E-state index contributed by atoms with van der Waals surface area (Å²) in [5, 5.41) is 9.01. The number of rotatable bonds is 3. The van der Waals surface area contributed by atoms with Crippen LogP contribution in [-0.4, -0.2) is 16.8 Å². The van der Waals surface area contributed by atoms with E-state index in [0.29, 0.717) is 11.5 Å². The van der Waals surface area contributed by atoms with E-state index in [1.807, 2.05) is 23.9 Å². The summed E-state index contributed by atoms with van der Waals surface area (Å²) in [7, 11) is 0. The highest BCUT2D eigenvalue weighted by Crippen LogP contribution is 2.47. The van der Waals surface area contributed by atoms with Crippen LogP contribution in [0.4, 0.5) is 0 Å². The second-order valence-electron chi connectivity index (χ2n) is 7.66. The van der Waals surface area contributed by atoms with Gasteiger partial charge in [0, 0.05) is 10.8 Å². The summed E-state index contributed by atoms with van der Waals surface area (Å²) in [6.07, 6.45) is 10.5. The van der Waals surface area contributed by atoms with Gasteiger partial charge >= 0.3 is 5.97 Å². The summed E-state index contributed by atoms with van der Waals surface area (Å²) >= 11 is 2.01. The Balaban J connectivity index is 1.80. The number of hydrogen-bond acceptors (Lipinski definition) is 2. The van der Waals surface area contributed by atoms with Gasteiger partial charge in [-0.2, -0.15) is 0 Å². The second kappa shape index (κ2) is 7.25. The lowest BCUT2D eigenvalue weighted by Crippen LogP contribution is -2.19. The Labute approximate surface area is 154 Å². The monoisotopic (exact) mass is 354 g/mol. The largest absolute Gasteiger partial charge is 0.478 e. The molecule has 1 aromatic carbocycles. The molecule has 0 saturated heterocycles. The molecule has 0 spiro atoms. The third-order valence-corrected chi connectivity index (χ3v) is 6.55. The highest BCUT2D eigenvalue weighted by Gasteiger charge is 2.31. The van der Waals surface area contributed by atoms with Crippen molar-refractivity contribution in [2.45, 2.75) is 40.0 Å². The summed E-state index contributed by atoms with van der Waals surface area (Å²) in [6.45, 7) is 6.95. The van der Waals surface area contributed by atoms with Gasteiger partial charge < -0.3 is 5.11 Å². The Morgan fingerprint density at radius 2 is 2.00 bits per heavy atom. The molecule has 0 radical (unpaired) electrons. The minimum atomic E-state index is -0.880. The number of carboxylic acid groups (broad SMARTS) is 1. The predicted octanol–water partition coefficient (Wildman–Crippen LogP) is 6.17. The third kappa shape index (κ3) is 4.09. The first-order valence-corrected chi connectivity index (χ1v) is 9.91. The lowest BCUT2D eigenvalue weighted by molar-refractivity contribution is 0.0697. The molecule has 132 valence electrons. The van der Waals surface area contributed by atoms with E-state index in [1.165, 1.54) is 29.1 Å². The van der Waals surface area contributed by atoms with Crippen LogP contribution in [0.25, 0.3) is 6.08 Å². The number of thioether (sulfide) groups is 1. The van der Waals surface area contributed by atoms with Crippen LogP contribution in [0.2, 0.25) is 0 Å². The van der Waals surface area contributed by atoms with Crippen molar-refractivity contribution in [3.63, 3.8) is 0 Å². The maximum Gasteiger partial charge on any atom is 0.335 e. The van der Waals surface area contributed by atoms with Crippen LogP contribution < -0.4 is 0 Å². The lowest BCUT2D eigenvalue weighted by Gasteiger charge is -2.32. The van der Waals surface area contributed by atoms with Crippen LogP contribution in [-0.2, 0) is 0 Å². The van der Waals surface area contributed by atoms with E-state index < -0.39 is 5.97 Å². The van der Waals surface area contributed by atoms with Gasteiger partial charge in [0.2, 0.25) is 0 Å². The quantitative estimate of drug-likeness (QED) is 0.705. The first-order chi connectivity index (χ1) is 11.9. The number of allylic oxidation sites excluding steroid dienone is 4. The van der Waals surface area contributed by atoms with Crippen molar-refractivity contribution in [3.05, 3.63) is 63.6 Å². The fourth-order valence-electron chi connectivity index (χ4n) is 3.69. The van der Waals surface area contributed by atoms with E-state index in [9.17, 15) is 4.79 Å². The van der Waals surface area contributed by atoms with E-state index in [0.717, 1.165) is 12.0 Å². The fraction of sp³-hybridized carbons (Fsp3) is 0.409. The lowest BCUT2D eigenvalue weighted by atomic mass is 9.73. The number of carbonyl (C=O) groups is 1. The molecule has 0 fully saturated rings. The highest BCUT2D eigenvalue weighted by molar-refractivity contribution is 8.03. The molecule has 0 bridgehead atoms. The standard InChI is InChI=1S/C22H26O2S/c1-15(13-16-5-7-17(8-6-16)21(23)24)18-9-10-20-19(14-18)22(2,3)11-4-12-25-20/h5-10,13,18H,4,11-12,14H2,1-3H3,(H,23,24)/b15-13+. The van der Waals surface area contributed by atoms with Crippen LogP contribution in [0.1, 0.15) is 56.0 Å². The van der Waals surface area contributed by atoms with Gasteiger partial charge in [-0.05, 0) is 55.1 Å². The molecule has 1 heterocycles. The molecule has 1 unspecified atom stereocenters. The smallest absolute Gasteiger partial charge is 0.335 e. The van der Waals surface area contributed by atoms with Gasteiger partial charge in [-0.15, -0.1) is 11.8 Å². The number of hydrogen-bond donors (Lipinski definition) is 1. The van der Waals surface area contributed by atoms with Gasteiger partial charge in [0.05, 0.1) is 5.56 Å². The van der Waals surface area contributed by atoms with Crippen LogP contribution in [0, 0.1) is 11.3 Å². The van der Waals surface area contributed by atoms with Crippen LogP contribution in [0.5, 0.6) is 0 Å². The number of benzene rings is 1. The van der Waals surface area contributed by atoms with Crippen molar-refractivity contribution >= 4 is 23.8 Å². The molecule has 3 heteroatoms. The zero-order valence-corrected chi connectivity index (χ0v) is 16.0. The normalized spacial score (nSPS) is 23.2. The van der Waals surface area contributed by atoms with Crippen molar-refractivity contribution in [1.82, 2.24) is 0 Å². The SMILES string of the molecule is C/C(=C\c1ccc(C(=O)O)cc1)C1C=CC2=C(C1)C(C)(C)CCCS2.